The Balaban J connectivity index is 1.99. The maximum atomic E-state index is 12.5. The van der Waals surface area contributed by atoms with E-state index in [9.17, 15) is 4.79 Å². The fraction of sp³-hybridized carbons (Fsp3) is 0.318. The van der Waals surface area contributed by atoms with Crippen LogP contribution < -0.4 is 4.74 Å². The molecule has 0 saturated heterocycles. The summed E-state index contributed by atoms with van der Waals surface area (Å²) in [4.78, 5) is 14.3. The predicted molar refractivity (Wildman–Crippen MR) is 117 cm³/mol. The molecule has 0 radical (unpaired) electrons. The summed E-state index contributed by atoms with van der Waals surface area (Å²) in [5, 5.41) is 9.56. The number of rotatable bonds is 8. The zero-order chi connectivity index (χ0) is 20.8. The number of aromatic nitrogens is 3. The molecule has 0 N–H and O–H groups in total. The van der Waals surface area contributed by atoms with Crippen LogP contribution in [-0.2, 0) is 4.79 Å². The third-order valence-electron chi connectivity index (χ3n) is 4.78. The number of hydrogen-bond acceptors (Lipinski definition) is 5. The fourth-order valence-corrected chi connectivity index (χ4v) is 3.96. The molecule has 3 rings (SSSR count). The number of aryl methyl sites for hydroxylation is 1. The van der Waals surface area contributed by atoms with E-state index < -0.39 is 0 Å². The molecule has 152 valence electrons. The van der Waals surface area contributed by atoms with E-state index in [0.29, 0.717) is 24.0 Å². The summed E-state index contributed by atoms with van der Waals surface area (Å²) in [5.41, 5.74) is 3.04. The molecule has 0 saturated carbocycles. The second kappa shape index (κ2) is 9.60. The van der Waals surface area contributed by atoms with Gasteiger partial charge in [0.05, 0.1) is 18.6 Å². The highest BCUT2D eigenvalue weighted by molar-refractivity contribution is 7.99. The zero-order valence-electron chi connectivity index (χ0n) is 17.3. The summed E-state index contributed by atoms with van der Waals surface area (Å²) in [6.07, 6.45) is 0. The van der Waals surface area contributed by atoms with Crippen molar-refractivity contribution >= 4 is 17.7 Å². The van der Waals surface area contributed by atoms with E-state index in [1.807, 2.05) is 65.8 Å². The third kappa shape index (κ3) is 4.62. The van der Waals surface area contributed by atoms with Crippen LogP contribution in [0.5, 0.6) is 5.75 Å². The molecule has 0 atom stereocenters. The normalized spacial score (nSPS) is 10.8. The molecule has 7 heteroatoms. The molecule has 3 aromatic rings. The van der Waals surface area contributed by atoms with Gasteiger partial charge in [-0.25, -0.2) is 0 Å². The molecule has 6 nitrogen and oxygen atoms in total. The average Bonchev–Trinajstić information content (AvgIpc) is 3.17. The number of hydrogen-bond donors (Lipinski definition) is 0. The molecular formula is C22H26N4O2S. The van der Waals surface area contributed by atoms with Crippen molar-refractivity contribution in [2.45, 2.75) is 25.9 Å². The van der Waals surface area contributed by atoms with Crippen LogP contribution in [0.1, 0.15) is 19.4 Å². The number of carbonyl (C=O) groups is 1. The first-order valence-electron chi connectivity index (χ1n) is 9.65. The minimum absolute atomic E-state index is 0.102. The Morgan fingerprint density at radius 1 is 1.07 bits per heavy atom. The van der Waals surface area contributed by atoms with Crippen LogP contribution in [-0.4, -0.2) is 51.5 Å². The Labute approximate surface area is 175 Å². The van der Waals surface area contributed by atoms with Crippen molar-refractivity contribution in [1.82, 2.24) is 19.7 Å². The predicted octanol–water partition coefficient (Wildman–Crippen LogP) is 4.21. The van der Waals surface area contributed by atoms with Crippen molar-refractivity contribution in [3.8, 4) is 22.8 Å². The van der Waals surface area contributed by atoms with Gasteiger partial charge in [-0.1, -0.05) is 30.0 Å². The fourth-order valence-electron chi connectivity index (χ4n) is 3.12. The first-order valence-corrected chi connectivity index (χ1v) is 10.6. The van der Waals surface area contributed by atoms with Gasteiger partial charge in [0, 0.05) is 18.7 Å². The smallest absolute Gasteiger partial charge is 0.233 e. The summed E-state index contributed by atoms with van der Waals surface area (Å²) >= 11 is 1.41. The van der Waals surface area contributed by atoms with E-state index in [2.05, 4.69) is 23.2 Å². The van der Waals surface area contributed by atoms with Gasteiger partial charge < -0.3 is 9.64 Å². The van der Waals surface area contributed by atoms with Crippen LogP contribution in [0.4, 0.5) is 0 Å². The maximum Gasteiger partial charge on any atom is 0.233 e. The van der Waals surface area contributed by atoms with Gasteiger partial charge in [0.1, 0.15) is 5.75 Å². The summed E-state index contributed by atoms with van der Waals surface area (Å²) in [7, 11) is 1.65. The number of thioether (sulfide) groups is 1. The van der Waals surface area contributed by atoms with Crippen molar-refractivity contribution in [2.75, 3.05) is 26.0 Å². The second-order valence-electron chi connectivity index (χ2n) is 6.51. The van der Waals surface area contributed by atoms with Crippen LogP contribution in [0, 0.1) is 6.92 Å². The van der Waals surface area contributed by atoms with Gasteiger partial charge in [0.2, 0.25) is 5.91 Å². The standard InChI is InChI=1S/C22H26N4O2S/c1-5-25(6-2)20(27)15-29-22-24-23-21(17-11-13-18(28-4)14-12-17)26(22)19-10-8-7-9-16(19)3/h7-14H,5-6,15H2,1-4H3. The number of benzene rings is 2. The van der Waals surface area contributed by atoms with Crippen molar-refractivity contribution in [3.05, 3.63) is 54.1 Å². The molecule has 2 aromatic carbocycles. The monoisotopic (exact) mass is 410 g/mol. The van der Waals surface area contributed by atoms with E-state index in [0.717, 1.165) is 28.4 Å². The van der Waals surface area contributed by atoms with Crippen LogP contribution in [0.2, 0.25) is 0 Å². The molecule has 0 bridgehead atoms. The summed E-state index contributed by atoms with van der Waals surface area (Å²) < 4.78 is 7.29. The molecule has 0 aliphatic rings. The number of carbonyl (C=O) groups excluding carboxylic acids is 1. The van der Waals surface area contributed by atoms with Crippen LogP contribution in [0.15, 0.2) is 53.7 Å². The van der Waals surface area contributed by atoms with E-state index in [1.165, 1.54) is 11.8 Å². The van der Waals surface area contributed by atoms with Crippen LogP contribution >= 0.6 is 11.8 Å². The molecule has 29 heavy (non-hydrogen) atoms. The SMILES string of the molecule is CCN(CC)C(=O)CSc1nnc(-c2ccc(OC)cc2)n1-c1ccccc1C. The highest BCUT2D eigenvalue weighted by Gasteiger charge is 2.19. The molecule has 1 heterocycles. The lowest BCUT2D eigenvalue weighted by atomic mass is 10.1. The average molecular weight is 411 g/mol. The molecule has 0 unspecified atom stereocenters. The van der Waals surface area contributed by atoms with Gasteiger partial charge in [-0.2, -0.15) is 0 Å². The molecule has 1 amide bonds. The lowest BCUT2D eigenvalue weighted by Gasteiger charge is -2.18. The number of para-hydroxylation sites is 1. The molecule has 0 spiro atoms. The van der Waals surface area contributed by atoms with Gasteiger partial charge in [-0.05, 0) is 56.7 Å². The van der Waals surface area contributed by atoms with Crippen molar-refractivity contribution in [2.24, 2.45) is 0 Å². The number of methoxy groups -OCH3 is 1. The Morgan fingerprint density at radius 3 is 2.38 bits per heavy atom. The Hall–Kier alpha value is -2.80. The quantitative estimate of drug-likeness (QED) is 0.521. The van der Waals surface area contributed by atoms with Gasteiger partial charge in [0.15, 0.2) is 11.0 Å². The first kappa shape index (κ1) is 20.9. The lowest BCUT2D eigenvalue weighted by Crippen LogP contribution is -2.31. The lowest BCUT2D eigenvalue weighted by molar-refractivity contribution is -0.127. The van der Waals surface area contributed by atoms with Gasteiger partial charge >= 0.3 is 0 Å². The van der Waals surface area contributed by atoms with E-state index in [1.54, 1.807) is 7.11 Å². The summed E-state index contributed by atoms with van der Waals surface area (Å²) in [6, 6.07) is 15.8. The Morgan fingerprint density at radius 2 is 1.76 bits per heavy atom. The van der Waals surface area contributed by atoms with E-state index in [4.69, 9.17) is 4.74 Å². The Kier molecular flexibility index (Phi) is 6.93. The molecule has 1 aromatic heterocycles. The van der Waals surface area contributed by atoms with Gasteiger partial charge in [-0.3, -0.25) is 9.36 Å². The summed E-state index contributed by atoms with van der Waals surface area (Å²) in [5.74, 6) is 1.95. The number of ether oxygens (including phenoxy) is 1. The molecule has 0 fully saturated rings. The van der Waals surface area contributed by atoms with Gasteiger partial charge in [-0.15, -0.1) is 10.2 Å². The minimum atomic E-state index is 0.102. The van der Waals surface area contributed by atoms with E-state index in [-0.39, 0.29) is 5.91 Å². The summed E-state index contributed by atoms with van der Waals surface area (Å²) in [6.45, 7) is 7.45. The van der Waals surface area contributed by atoms with Crippen LogP contribution in [0.3, 0.4) is 0 Å². The number of nitrogens with zero attached hydrogens (tertiary/aromatic N) is 4. The molecular weight excluding hydrogens is 384 g/mol. The third-order valence-corrected chi connectivity index (χ3v) is 5.69. The van der Waals surface area contributed by atoms with Crippen molar-refractivity contribution in [3.63, 3.8) is 0 Å². The topological polar surface area (TPSA) is 60.3 Å². The maximum absolute atomic E-state index is 12.5. The second-order valence-corrected chi connectivity index (χ2v) is 7.45. The highest BCUT2D eigenvalue weighted by atomic mass is 32.2. The molecule has 0 aliphatic heterocycles. The van der Waals surface area contributed by atoms with Crippen molar-refractivity contribution < 1.29 is 9.53 Å². The Bertz CT molecular complexity index is 965. The van der Waals surface area contributed by atoms with Crippen molar-refractivity contribution in [1.29, 1.82) is 0 Å². The van der Waals surface area contributed by atoms with Crippen LogP contribution in [0.25, 0.3) is 17.1 Å². The highest BCUT2D eigenvalue weighted by Crippen LogP contribution is 2.30. The zero-order valence-corrected chi connectivity index (χ0v) is 18.1. The van der Waals surface area contributed by atoms with E-state index >= 15 is 0 Å². The molecule has 0 aliphatic carbocycles. The first-order chi connectivity index (χ1) is 14.1. The largest absolute Gasteiger partial charge is 0.497 e. The van der Waals surface area contributed by atoms with Gasteiger partial charge in [0.25, 0.3) is 0 Å². The minimum Gasteiger partial charge on any atom is -0.497 e. The number of amides is 1.